The third kappa shape index (κ3) is 3.72. The molecule has 0 radical (unpaired) electrons. The van der Waals surface area contributed by atoms with Crippen molar-refractivity contribution in [2.75, 3.05) is 17.7 Å². The summed E-state index contributed by atoms with van der Waals surface area (Å²) in [6.45, 7) is 8.95. The van der Waals surface area contributed by atoms with Crippen molar-refractivity contribution in [2.45, 2.75) is 52.5 Å². The van der Waals surface area contributed by atoms with Gasteiger partial charge in [-0.05, 0) is 32.6 Å². The molecule has 5 nitrogen and oxygen atoms in total. The molecule has 3 N–H and O–H groups in total. The Bertz CT molecular complexity index is 441. The van der Waals surface area contributed by atoms with Crippen molar-refractivity contribution in [2.24, 2.45) is 5.92 Å². The van der Waals surface area contributed by atoms with Crippen molar-refractivity contribution in [3.8, 4) is 5.88 Å². The number of rotatable bonds is 6. The van der Waals surface area contributed by atoms with Crippen LogP contribution in [0.25, 0.3) is 0 Å². The minimum Gasteiger partial charge on any atom is -0.476 e. The van der Waals surface area contributed by atoms with Crippen LogP contribution in [0.15, 0.2) is 0 Å². The van der Waals surface area contributed by atoms with Crippen LogP contribution >= 0.6 is 0 Å². The lowest BCUT2D eigenvalue weighted by atomic mass is 10.2. The largest absolute Gasteiger partial charge is 0.476 e. The third-order valence-corrected chi connectivity index (χ3v) is 2.85. The summed E-state index contributed by atoms with van der Waals surface area (Å²) < 4.78 is 5.72. The second-order valence-corrected chi connectivity index (χ2v) is 5.93. The van der Waals surface area contributed by atoms with Crippen LogP contribution in [-0.4, -0.2) is 22.6 Å². The monoisotopic (exact) mass is 264 g/mol. The molecule has 5 heteroatoms. The average molecular weight is 264 g/mol. The van der Waals surface area contributed by atoms with Crippen molar-refractivity contribution in [3.05, 3.63) is 5.82 Å². The number of hydrogen-bond acceptors (Lipinski definition) is 5. The zero-order chi connectivity index (χ0) is 14.0. The maximum Gasteiger partial charge on any atom is 0.242 e. The van der Waals surface area contributed by atoms with Gasteiger partial charge < -0.3 is 15.8 Å². The fourth-order valence-electron chi connectivity index (χ4n) is 1.73. The van der Waals surface area contributed by atoms with Crippen LogP contribution in [-0.2, 0) is 0 Å². The SMILES string of the molecule is CC(C)COc1nc(C2CC2)nc(NC(C)C)c1N. The number of hydrogen-bond donors (Lipinski definition) is 2. The van der Waals surface area contributed by atoms with Crippen LogP contribution < -0.4 is 15.8 Å². The maximum atomic E-state index is 6.09. The Balaban J connectivity index is 2.25. The van der Waals surface area contributed by atoms with Gasteiger partial charge in [-0.15, -0.1) is 0 Å². The fraction of sp³-hybridized carbons (Fsp3) is 0.714. The molecule has 0 aromatic carbocycles. The van der Waals surface area contributed by atoms with Crippen molar-refractivity contribution in [3.63, 3.8) is 0 Å². The maximum absolute atomic E-state index is 6.09. The van der Waals surface area contributed by atoms with E-state index < -0.39 is 0 Å². The van der Waals surface area contributed by atoms with E-state index in [1.165, 1.54) is 0 Å². The molecule has 0 bridgehead atoms. The van der Waals surface area contributed by atoms with Gasteiger partial charge in [-0.25, -0.2) is 4.98 Å². The number of nitrogen functional groups attached to an aromatic ring is 1. The molecular formula is C14H24N4O. The normalized spacial score (nSPS) is 15.1. The molecule has 1 aromatic heterocycles. The minimum atomic E-state index is 0.280. The Morgan fingerprint density at radius 1 is 1.26 bits per heavy atom. The highest BCUT2D eigenvalue weighted by molar-refractivity contribution is 5.67. The Kier molecular flexibility index (Phi) is 4.12. The summed E-state index contributed by atoms with van der Waals surface area (Å²) in [5, 5.41) is 3.27. The van der Waals surface area contributed by atoms with Crippen molar-refractivity contribution < 1.29 is 4.74 Å². The van der Waals surface area contributed by atoms with Crippen LogP contribution in [0.1, 0.15) is 52.3 Å². The van der Waals surface area contributed by atoms with Crippen LogP contribution in [0.5, 0.6) is 5.88 Å². The highest BCUT2D eigenvalue weighted by atomic mass is 16.5. The van der Waals surface area contributed by atoms with E-state index in [2.05, 4.69) is 43.0 Å². The Morgan fingerprint density at radius 3 is 2.47 bits per heavy atom. The van der Waals surface area contributed by atoms with Gasteiger partial charge in [-0.3, -0.25) is 0 Å². The van der Waals surface area contributed by atoms with E-state index in [1.54, 1.807) is 0 Å². The second-order valence-electron chi connectivity index (χ2n) is 5.93. The van der Waals surface area contributed by atoms with Gasteiger partial charge in [0.25, 0.3) is 0 Å². The van der Waals surface area contributed by atoms with E-state index in [-0.39, 0.29) is 6.04 Å². The molecule has 1 aromatic rings. The molecule has 0 saturated heterocycles. The van der Waals surface area contributed by atoms with Crippen molar-refractivity contribution in [1.82, 2.24) is 9.97 Å². The first kappa shape index (κ1) is 13.9. The minimum absolute atomic E-state index is 0.280. The summed E-state index contributed by atoms with van der Waals surface area (Å²) in [5.41, 5.74) is 6.61. The Hall–Kier alpha value is -1.52. The average Bonchev–Trinajstić information content (AvgIpc) is 3.13. The molecule has 1 saturated carbocycles. The zero-order valence-electron chi connectivity index (χ0n) is 12.2. The predicted octanol–water partition coefficient (Wildman–Crippen LogP) is 2.79. The van der Waals surface area contributed by atoms with E-state index in [0.29, 0.717) is 35.8 Å². The molecule has 1 aliphatic carbocycles. The van der Waals surface area contributed by atoms with Crippen LogP contribution in [0, 0.1) is 5.92 Å². The summed E-state index contributed by atoms with van der Waals surface area (Å²) in [4.78, 5) is 9.01. The summed E-state index contributed by atoms with van der Waals surface area (Å²) in [6, 6.07) is 0.280. The highest BCUT2D eigenvalue weighted by Gasteiger charge is 2.29. The molecule has 2 rings (SSSR count). The molecule has 106 valence electrons. The van der Waals surface area contributed by atoms with Gasteiger partial charge in [0.05, 0.1) is 6.61 Å². The molecule has 1 heterocycles. The van der Waals surface area contributed by atoms with E-state index in [0.717, 1.165) is 18.7 Å². The first-order valence-electron chi connectivity index (χ1n) is 7.04. The standard InChI is InChI=1S/C14H24N4O/c1-8(2)7-19-14-11(15)13(16-9(3)4)17-12(18-14)10-5-6-10/h8-10H,5-7,15H2,1-4H3,(H,16,17,18). The smallest absolute Gasteiger partial charge is 0.242 e. The lowest BCUT2D eigenvalue weighted by Gasteiger charge is -2.16. The molecule has 1 fully saturated rings. The van der Waals surface area contributed by atoms with Crippen molar-refractivity contribution >= 4 is 11.5 Å². The summed E-state index contributed by atoms with van der Waals surface area (Å²) in [5.74, 6) is 3.01. The first-order valence-corrected chi connectivity index (χ1v) is 7.04. The summed E-state index contributed by atoms with van der Waals surface area (Å²) >= 11 is 0. The zero-order valence-corrected chi connectivity index (χ0v) is 12.2. The number of anilines is 2. The van der Waals surface area contributed by atoms with Gasteiger partial charge in [0.1, 0.15) is 11.5 Å². The Labute approximate surface area is 115 Å². The number of nitrogens with one attached hydrogen (secondary N) is 1. The number of nitrogens with two attached hydrogens (primary N) is 1. The Morgan fingerprint density at radius 2 is 1.95 bits per heavy atom. The number of nitrogens with zero attached hydrogens (tertiary/aromatic N) is 2. The molecular weight excluding hydrogens is 240 g/mol. The first-order chi connectivity index (χ1) is 8.97. The van der Waals surface area contributed by atoms with Crippen LogP contribution in [0.4, 0.5) is 11.5 Å². The second kappa shape index (κ2) is 5.63. The molecule has 19 heavy (non-hydrogen) atoms. The molecule has 0 spiro atoms. The van der Waals surface area contributed by atoms with E-state index >= 15 is 0 Å². The fourth-order valence-corrected chi connectivity index (χ4v) is 1.73. The van der Waals surface area contributed by atoms with E-state index in [1.807, 2.05) is 0 Å². The number of aromatic nitrogens is 2. The molecule has 0 amide bonds. The summed E-state index contributed by atoms with van der Waals surface area (Å²) in [6.07, 6.45) is 2.32. The van der Waals surface area contributed by atoms with Gasteiger partial charge in [-0.1, -0.05) is 13.8 Å². The van der Waals surface area contributed by atoms with E-state index in [4.69, 9.17) is 10.5 Å². The van der Waals surface area contributed by atoms with Gasteiger partial charge in [-0.2, -0.15) is 4.98 Å². The van der Waals surface area contributed by atoms with Crippen LogP contribution in [0.2, 0.25) is 0 Å². The molecule has 1 aliphatic rings. The van der Waals surface area contributed by atoms with Gasteiger partial charge in [0.2, 0.25) is 5.88 Å². The highest BCUT2D eigenvalue weighted by Crippen LogP contribution is 2.40. The quantitative estimate of drug-likeness (QED) is 0.826. The van der Waals surface area contributed by atoms with E-state index in [9.17, 15) is 0 Å². The molecule has 0 unspecified atom stereocenters. The molecule has 0 aliphatic heterocycles. The predicted molar refractivity (Wildman–Crippen MR) is 77.5 cm³/mol. The molecule has 0 atom stereocenters. The number of ether oxygens (including phenoxy) is 1. The summed E-state index contributed by atoms with van der Waals surface area (Å²) in [7, 11) is 0. The van der Waals surface area contributed by atoms with Gasteiger partial charge in [0, 0.05) is 12.0 Å². The van der Waals surface area contributed by atoms with Gasteiger partial charge in [0.15, 0.2) is 5.82 Å². The lowest BCUT2D eigenvalue weighted by Crippen LogP contribution is -2.16. The van der Waals surface area contributed by atoms with Crippen molar-refractivity contribution in [1.29, 1.82) is 0 Å². The van der Waals surface area contributed by atoms with Gasteiger partial charge >= 0.3 is 0 Å². The lowest BCUT2D eigenvalue weighted by molar-refractivity contribution is 0.262. The van der Waals surface area contributed by atoms with Crippen LogP contribution in [0.3, 0.4) is 0 Å². The third-order valence-electron chi connectivity index (χ3n) is 2.85. The topological polar surface area (TPSA) is 73.1 Å².